The van der Waals surface area contributed by atoms with Crippen molar-refractivity contribution in [3.63, 3.8) is 0 Å². The largest absolute Gasteiger partial charge is 0.443 e. The molecular formula is C20H23ClFN3O4S. The van der Waals surface area contributed by atoms with Gasteiger partial charge in [0, 0.05) is 11.8 Å². The molecule has 0 radical (unpaired) electrons. The molecule has 7 nitrogen and oxygen atoms in total. The first-order valence-electron chi connectivity index (χ1n) is 8.91. The summed E-state index contributed by atoms with van der Waals surface area (Å²) in [6, 6.07) is 3.22. The van der Waals surface area contributed by atoms with Crippen molar-refractivity contribution in [3.8, 4) is 0 Å². The fraction of sp³-hybridized carbons (Fsp3) is 0.350. The van der Waals surface area contributed by atoms with E-state index in [-0.39, 0.29) is 33.8 Å². The fourth-order valence-corrected chi connectivity index (χ4v) is 3.48. The van der Waals surface area contributed by atoms with Crippen LogP contribution in [0, 0.1) is 12.7 Å². The van der Waals surface area contributed by atoms with E-state index in [0.717, 1.165) is 17.2 Å². The van der Waals surface area contributed by atoms with Gasteiger partial charge in [0.15, 0.2) is 15.7 Å². The maximum Gasteiger partial charge on any atom is 0.420 e. The number of hydrogen-bond donors (Lipinski definition) is 0. The minimum Gasteiger partial charge on any atom is -0.443 e. The van der Waals surface area contributed by atoms with Crippen LogP contribution < -0.4 is 4.90 Å². The maximum absolute atomic E-state index is 15.0. The van der Waals surface area contributed by atoms with Gasteiger partial charge in [0.05, 0.1) is 10.6 Å². The summed E-state index contributed by atoms with van der Waals surface area (Å²) in [5, 5.41) is 0.0825. The van der Waals surface area contributed by atoms with E-state index in [1.54, 1.807) is 33.8 Å². The second-order valence-electron chi connectivity index (χ2n) is 7.56. The molecule has 0 aliphatic rings. The van der Waals surface area contributed by atoms with Gasteiger partial charge in [-0.1, -0.05) is 17.7 Å². The standard InChI is InChI=1S/C20H23ClFN3O4S/c1-7-8-14-17(21)23-12(2)24-18(14)25(19(26)29-20(3,4)5)16-10-9-13(11-15(16)22)30(6,27)28/h7,9-11H,1,8H2,2-6H3. The van der Waals surface area contributed by atoms with Crippen LogP contribution in [0.5, 0.6) is 0 Å². The zero-order valence-corrected chi connectivity index (χ0v) is 18.9. The highest BCUT2D eigenvalue weighted by molar-refractivity contribution is 7.90. The minimum absolute atomic E-state index is 0.0210. The van der Waals surface area contributed by atoms with Gasteiger partial charge in [-0.3, -0.25) is 0 Å². The Morgan fingerprint density at radius 1 is 1.33 bits per heavy atom. The molecule has 0 fully saturated rings. The van der Waals surface area contributed by atoms with Gasteiger partial charge in [-0.2, -0.15) is 0 Å². The Labute approximate surface area is 180 Å². The number of hydrogen-bond acceptors (Lipinski definition) is 6. The monoisotopic (exact) mass is 455 g/mol. The third kappa shape index (κ3) is 5.54. The maximum atomic E-state index is 15.0. The van der Waals surface area contributed by atoms with Crippen molar-refractivity contribution in [1.29, 1.82) is 0 Å². The second-order valence-corrected chi connectivity index (χ2v) is 9.93. The number of anilines is 2. The lowest BCUT2D eigenvalue weighted by Crippen LogP contribution is -2.35. The average Bonchev–Trinajstić information content (AvgIpc) is 2.57. The second kappa shape index (κ2) is 8.69. The number of carbonyl (C=O) groups is 1. The van der Waals surface area contributed by atoms with Crippen LogP contribution in [0.15, 0.2) is 35.7 Å². The number of ether oxygens (including phenoxy) is 1. The third-order valence-corrected chi connectivity index (χ3v) is 5.19. The van der Waals surface area contributed by atoms with Crippen LogP contribution in [-0.2, 0) is 21.0 Å². The van der Waals surface area contributed by atoms with E-state index in [1.165, 1.54) is 12.1 Å². The molecule has 0 N–H and O–H groups in total. The van der Waals surface area contributed by atoms with Crippen LogP contribution in [0.25, 0.3) is 0 Å². The van der Waals surface area contributed by atoms with Crippen molar-refractivity contribution in [2.75, 3.05) is 11.2 Å². The Bertz CT molecular complexity index is 1100. The Kier molecular flexibility index (Phi) is 6.88. The molecule has 0 aliphatic carbocycles. The molecule has 0 spiro atoms. The summed E-state index contributed by atoms with van der Waals surface area (Å²) >= 11 is 6.26. The van der Waals surface area contributed by atoms with Crippen molar-refractivity contribution in [1.82, 2.24) is 9.97 Å². The number of rotatable bonds is 5. The number of aromatic nitrogens is 2. The van der Waals surface area contributed by atoms with Gasteiger partial charge in [0.1, 0.15) is 22.4 Å². The molecule has 1 amide bonds. The van der Waals surface area contributed by atoms with Crippen LogP contribution in [0.1, 0.15) is 32.2 Å². The molecule has 0 unspecified atom stereocenters. The average molecular weight is 456 g/mol. The highest BCUT2D eigenvalue weighted by atomic mass is 35.5. The van der Waals surface area contributed by atoms with E-state index in [2.05, 4.69) is 16.5 Å². The van der Waals surface area contributed by atoms with E-state index in [0.29, 0.717) is 5.56 Å². The summed E-state index contributed by atoms with van der Waals surface area (Å²) < 4.78 is 44.0. The van der Waals surface area contributed by atoms with Gasteiger partial charge in [-0.25, -0.2) is 32.5 Å². The number of nitrogens with zero attached hydrogens (tertiary/aromatic N) is 3. The molecule has 2 aromatic rings. The number of carbonyl (C=O) groups excluding carboxylic acids is 1. The number of amides is 1. The Morgan fingerprint density at radius 3 is 2.47 bits per heavy atom. The number of halogens is 2. The molecule has 0 bridgehead atoms. The number of allylic oxidation sites excluding steroid dienone is 1. The summed E-state index contributed by atoms with van der Waals surface area (Å²) in [6.07, 6.45) is 1.80. The summed E-state index contributed by atoms with van der Waals surface area (Å²) in [7, 11) is -3.65. The number of benzene rings is 1. The van der Waals surface area contributed by atoms with Crippen LogP contribution in [-0.4, -0.2) is 36.3 Å². The molecule has 1 aromatic heterocycles. The zero-order valence-electron chi connectivity index (χ0n) is 17.4. The number of aryl methyl sites for hydroxylation is 1. The quantitative estimate of drug-likeness (QED) is 0.476. The van der Waals surface area contributed by atoms with E-state index >= 15 is 4.39 Å². The van der Waals surface area contributed by atoms with Crippen LogP contribution in [0.4, 0.5) is 20.7 Å². The normalized spacial score (nSPS) is 11.8. The topological polar surface area (TPSA) is 89.5 Å². The molecule has 0 saturated heterocycles. The van der Waals surface area contributed by atoms with E-state index in [4.69, 9.17) is 16.3 Å². The van der Waals surface area contributed by atoms with Crippen molar-refractivity contribution in [3.05, 3.63) is 53.2 Å². The Balaban J connectivity index is 2.78. The third-order valence-electron chi connectivity index (χ3n) is 3.77. The first-order valence-corrected chi connectivity index (χ1v) is 11.2. The lowest BCUT2D eigenvalue weighted by molar-refractivity contribution is 0.0597. The molecule has 2 rings (SSSR count). The lowest BCUT2D eigenvalue weighted by atomic mass is 10.2. The Hall–Kier alpha value is -2.52. The predicted octanol–water partition coefficient (Wildman–Crippen LogP) is 4.78. The van der Waals surface area contributed by atoms with Crippen molar-refractivity contribution >= 4 is 39.0 Å². The van der Waals surface area contributed by atoms with Crippen LogP contribution in [0.3, 0.4) is 0 Å². The molecule has 0 atom stereocenters. The Morgan fingerprint density at radius 2 is 1.97 bits per heavy atom. The van der Waals surface area contributed by atoms with Gasteiger partial charge in [-0.05, 0) is 52.3 Å². The predicted molar refractivity (Wildman–Crippen MR) is 114 cm³/mol. The lowest BCUT2D eigenvalue weighted by Gasteiger charge is -2.28. The van der Waals surface area contributed by atoms with Gasteiger partial charge < -0.3 is 4.74 Å². The van der Waals surface area contributed by atoms with Gasteiger partial charge in [-0.15, -0.1) is 6.58 Å². The highest BCUT2D eigenvalue weighted by Crippen LogP contribution is 2.34. The highest BCUT2D eigenvalue weighted by Gasteiger charge is 2.31. The smallest absolute Gasteiger partial charge is 0.420 e. The molecule has 1 aromatic carbocycles. The summed E-state index contributed by atoms with van der Waals surface area (Å²) in [5.74, 6) is -0.669. The fourth-order valence-electron chi connectivity index (χ4n) is 2.56. The molecule has 30 heavy (non-hydrogen) atoms. The first kappa shape index (κ1) is 23.8. The van der Waals surface area contributed by atoms with Crippen molar-refractivity contribution < 1.29 is 22.3 Å². The van der Waals surface area contributed by atoms with Gasteiger partial charge in [0.2, 0.25) is 0 Å². The first-order chi connectivity index (χ1) is 13.7. The molecule has 162 valence electrons. The summed E-state index contributed by atoms with van der Waals surface area (Å²) in [4.78, 5) is 22.1. The van der Waals surface area contributed by atoms with E-state index in [9.17, 15) is 13.2 Å². The molecule has 0 aliphatic heterocycles. The summed E-state index contributed by atoms with van der Waals surface area (Å²) in [6.45, 7) is 10.2. The summed E-state index contributed by atoms with van der Waals surface area (Å²) in [5.41, 5.74) is -0.783. The molecule has 1 heterocycles. The SMILES string of the molecule is C=CCc1c(Cl)nc(C)nc1N(C(=O)OC(C)(C)C)c1ccc(S(C)(=O)=O)cc1F. The molecule has 0 saturated carbocycles. The van der Waals surface area contributed by atoms with E-state index in [1.807, 2.05) is 0 Å². The van der Waals surface area contributed by atoms with E-state index < -0.39 is 27.3 Å². The van der Waals surface area contributed by atoms with Gasteiger partial charge in [0.25, 0.3) is 0 Å². The van der Waals surface area contributed by atoms with Crippen molar-refractivity contribution in [2.45, 2.75) is 44.6 Å². The van der Waals surface area contributed by atoms with Crippen molar-refractivity contribution in [2.24, 2.45) is 0 Å². The molecule has 10 heteroatoms. The van der Waals surface area contributed by atoms with Crippen LogP contribution >= 0.6 is 11.6 Å². The van der Waals surface area contributed by atoms with Gasteiger partial charge >= 0.3 is 6.09 Å². The molecular weight excluding hydrogens is 433 g/mol. The minimum atomic E-state index is -3.65. The number of sulfone groups is 1. The zero-order chi connectivity index (χ0) is 22.9. The van der Waals surface area contributed by atoms with Crippen LogP contribution in [0.2, 0.25) is 5.15 Å².